The van der Waals surface area contributed by atoms with E-state index < -0.39 is 60.3 Å². The van der Waals surface area contributed by atoms with Gasteiger partial charge in [-0.1, -0.05) is 0 Å². The summed E-state index contributed by atoms with van der Waals surface area (Å²) in [5.74, 6) is -4.65. The van der Waals surface area contributed by atoms with E-state index in [0.717, 1.165) is 12.3 Å². The lowest BCUT2D eigenvalue weighted by Crippen LogP contribution is -2.45. The molecular weight excluding hydrogens is 434 g/mol. The second-order valence-corrected chi connectivity index (χ2v) is 8.65. The van der Waals surface area contributed by atoms with Crippen LogP contribution in [0.3, 0.4) is 0 Å². The van der Waals surface area contributed by atoms with Gasteiger partial charge in [-0.25, -0.2) is 9.59 Å². The number of aromatic nitrogens is 2. The molecule has 1 aromatic rings. The molecule has 0 saturated carbocycles. The van der Waals surface area contributed by atoms with Gasteiger partial charge in [0.1, 0.15) is 23.6 Å². The van der Waals surface area contributed by atoms with E-state index in [1.807, 2.05) is 0 Å². The van der Waals surface area contributed by atoms with Crippen LogP contribution < -0.4 is 11.0 Å². The van der Waals surface area contributed by atoms with Crippen LogP contribution in [-0.4, -0.2) is 79.6 Å². The van der Waals surface area contributed by atoms with Crippen molar-refractivity contribution in [2.75, 3.05) is 18.5 Å². The molecule has 3 rings (SSSR count). The highest BCUT2D eigenvalue weighted by Crippen LogP contribution is 2.42. The number of amides is 2. The van der Waals surface area contributed by atoms with E-state index >= 15 is 0 Å². The van der Waals surface area contributed by atoms with Gasteiger partial charge in [0.25, 0.3) is 0 Å². The van der Waals surface area contributed by atoms with Crippen molar-refractivity contribution >= 4 is 17.8 Å². The monoisotopic (exact) mass is 460 g/mol. The van der Waals surface area contributed by atoms with Gasteiger partial charge in [-0.15, -0.1) is 0 Å². The standard InChI is InChI=1S/C19H26F2N4O7/c1-18(2,3)32-17(30)24-7-4-5-10(24)14(28)22-12-6-8-25(16(29)23-12)15-19(20,21)13(27)11(9-26)31-15/h6,8,10-11,13,15,26-27H,4-5,7,9H2,1-3H3,(H,22,23,28,29). The highest BCUT2D eigenvalue weighted by atomic mass is 19.3. The molecule has 4 unspecified atom stereocenters. The van der Waals surface area contributed by atoms with Crippen LogP contribution in [0.5, 0.6) is 0 Å². The molecule has 2 saturated heterocycles. The van der Waals surface area contributed by atoms with E-state index in [1.54, 1.807) is 20.8 Å². The Balaban J connectivity index is 1.73. The summed E-state index contributed by atoms with van der Waals surface area (Å²) in [6.07, 6.45) is -4.78. The molecule has 2 aliphatic heterocycles. The normalized spacial score (nSPS) is 27.4. The molecule has 2 fully saturated rings. The zero-order chi connectivity index (χ0) is 23.8. The van der Waals surface area contributed by atoms with Crippen molar-refractivity contribution in [3.05, 3.63) is 22.7 Å². The van der Waals surface area contributed by atoms with Crippen molar-refractivity contribution in [3.63, 3.8) is 0 Å². The minimum Gasteiger partial charge on any atom is -0.444 e. The number of hydrogen-bond acceptors (Lipinski definition) is 8. The smallest absolute Gasteiger partial charge is 0.410 e. The maximum Gasteiger partial charge on any atom is 0.410 e. The van der Waals surface area contributed by atoms with E-state index in [2.05, 4.69) is 10.3 Å². The second-order valence-electron chi connectivity index (χ2n) is 8.65. The molecule has 0 aliphatic carbocycles. The van der Waals surface area contributed by atoms with E-state index in [4.69, 9.17) is 14.6 Å². The third-order valence-corrected chi connectivity index (χ3v) is 5.08. The number of nitrogens with zero attached hydrogens (tertiary/aromatic N) is 3. The fraction of sp³-hybridized carbons (Fsp3) is 0.684. The summed E-state index contributed by atoms with van der Waals surface area (Å²) in [4.78, 5) is 42.2. The lowest BCUT2D eigenvalue weighted by atomic mass is 10.1. The number of hydrogen-bond donors (Lipinski definition) is 3. The number of rotatable bonds is 4. The van der Waals surface area contributed by atoms with Crippen LogP contribution in [0.2, 0.25) is 0 Å². The maximum atomic E-state index is 14.3. The topological polar surface area (TPSA) is 143 Å². The molecule has 0 aromatic carbocycles. The first-order chi connectivity index (χ1) is 14.8. The molecule has 3 N–H and O–H groups in total. The Hall–Kier alpha value is -2.64. The Morgan fingerprint density at radius 2 is 2.09 bits per heavy atom. The Kier molecular flexibility index (Phi) is 6.54. The Labute approximate surface area is 181 Å². The summed E-state index contributed by atoms with van der Waals surface area (Å²) in [5, 5.41) is 21.1. The molecule has 0 bridgehead atoms. The van der Waals surface area contributed by atoms with Gasteiger partial charge < -0.3 is 25.0 Å². The minimum atomic E-state index is -3.85. The van der Waals surface area contributed by atoms with Gasteiger partial charge in [0.15, 0.2) is 6.10 Å². The molecule has 3 heterocycles. The highest BCUT2D eigenvalue weighted by molar-refractivity contribution is 5.96. The SMILES string of the molecule is CC(C)(C)OC(=O)N1CCCC1C(=O)Nc1ccn(C2OC(CO)C(O)C2(F)F)c(=O)n1. The molecule has 4 atom stereocenters. The molecule has 13 heteroatoms. The van der Waals surface area contributed by atoms with Gasteiger partial charge in [0.2, 0.25) is 12.1 Å². The van der Waals surface area contributed by atoms with Gasteiger partial charge in [0.05, 0.1) is 6.61 Å². The van der Waals surface area contributed by atoms with Gasteiger partial charge >= 0.3 is 17.7 Å². The van der Waals surface area contributed by atoms with Crippen molar-refractivity contribution in [1.82, 2.24) is 14.5 Å². The predicted octanol–water partition coefficient (Wildman–Crippen LogP) is 0.467. The predicted molar refractivity (Wildman–Crippen MR) is 105 cm³/mol. The number of carbonyl (C=O) groups is 2. The van der Waals surface area contributed by atoms with Crippen molar-refractivity contribution in [2.24, 2.45) is 0 Å². The third kappa shape index (κ3) is 4.74. The fourth-order valence-corrected chi connectivity index (χ4v) is 3.57. The summed E-state index contributed by atoms with van der Waals surface area (Å²) in [6.45, 7) is 4.57. The van der Waals surface area contributed by atoms with Gasteiger partial charge in [-0.3, -0.25) is 14.3 Å². The average molecular weight is 460 g/mol. The second kappa shape index (κ2) is 8.71. The lowest BCUT2D eigenvalue weighted by Gasteiger charge is -2.28. The Morgan fingerprint density at radius 3 is 2.66 bits per heavy atom. The number of ether oxygens (including phenoxy) is 2. The number of anilines is 1. The zero-order valence-electron chi connectivity index (χ0n) is 17.8. The molecule has 2 amide bonds. The number of carbonyl (C=O) groups excluding carboxylic acids is 2. The van der Waals surface area contributed by atoms with Crippen LogP contribution in [-0.2, 0) is 14.3 Å². The molecule has 11 nitrogen and oxygen atoms in total. The van der Waals surface area contributed by atoms with Crippen LogP contribution in [0.15, 0.2) is 17.1 Å². The average Bonchev–Trinajstić information content (AvgIpc) is 3.25. The first kappa shape index (κ1) is 24.0. The zero-order valence-corrected chi connectivity index (χ0v) is 17.8. The summed E-state index contributed by atoms with van der Waals surface area (Å²) >= 11 is 0. The minimum absolute atomic E-state index is 0.201. The van der Waals surface area contributed by atoms with E-state index in [1.165, 1.54) is 4.90 Å². The van der Waals surface area contributed by atoms with Crippen LogP contribution in [0, 0.1) is 0 Å². The van der Waals surface area contributed by atoms with Gasteiger partial charge in [0, 0.05) is 12.7 Å². The molecule has 178 valence electrons. The van der Waals surface area contributed by atoms with Crippen LogP contribution in [0.4, 0.5) is 19.4 Å². The van der Waals surface area contributed by atoms with E-state index in [0.29, 0.717) is 24.0 Å². The molecule has 32 heavy (non-hydrogen) atoms. The van der Waals surface area contributed by atoms with Crippen LogP contribution in [0.1, 0.15) is 39.8 Å². The van der Waals surface area contributed by atoms with Gasteiger partial charge in [-0.2, -0.15) is 13.8 Å². The van der Waals surface area contributed by atoms with E-state index in [-0.39, 0.29) is 5.82 Å². The first-order valence-electron chi connectivity index (χ1n) is 10.1. The molecule has 0 spiro atoms. The number of nitrogens with one attached hydrogen (secondary N) is 1. The van der Waals surface area contributed by atoms with Crippen molar-refractivity contribution < 1.29 is 38.1 Å². The van der Waals surface area contributed by atoms with Crippen molar-refractivity contribution in [1.29, 1.82) is 0 Å². The number of aliphatic hydroxyl groups is 2. The lowest BCUT2D eigenvalue weighted by molar-refractivity contribution is -0.141. The summed E-state index contributed by atoms with van der Waals surface area (Å²) < 4.78 is 39.2. The molecule has 0 radical (unpaired) electrons. The van der Waals surface area contributed by atoms with Gasteiger partial charge in [-0.05, 0) is 39.7 Å². The number of alkyl halides is 2. The highest BCUT2D eigenvalue weighted by Gasteiger charge is 2.59. The number of halogens is 2. The molecular formula is C19H26F2N4O7. The molecule has 1 aromatic heterocycles. The number of aliphatic hydroxyl groups excluding tert-OH is 2. The summed E-state index contributed by atoms with van der Waals surface area (Å²) in [7, 11) is 0. The fourth-order valence-electron chi connectivity index (χ4n) is 3.57. The quantitative estimate of drug-likeness (QED) is 0.588. The first-order valence-corrected chi connectivity index (χ1v) is 10.1. The van der Waals surface area contributed by atoms with Crippen molar-refractivity contribution in [2.45, 2.75) is 69.6 Å². The Morgan fingerprint density at radius 1 is 1.41 bits per heavy atom. The Bertz CT molecular complexity index is 933. The van der Waals surface area contributed by atoms with Crippen LogP contribution in [0.25, 0.3) is 0 Å². The number of likely N-dealkylation sites (tertiary alicyclic amines) is 1. The maximum absolute atomic E-state index is 14.3. The largest absolute Gasteiger partial charge is 0.444 e. The molecule has 2 aliphatic rings. The third-order valence-electron chi connectivity index (χ3n) is 5.08. The summed E-state index contributed by atoms with van der Waals surface area (Å²) in [5.41, 5.74) is -1.89. The van der Waals surface area contributed by atoms with Crippen molar-refractivity contribution in [3.8, 4) is 0 Å². The summed E-state index contributed by atoms with van der Waals surface area (Å²) in [6, 6.07) is 0.279. The van der Waals surface area contributed by atoms with Crippen LogP contribution >= 0.6 is 0 Å². The van der Waals surface area contributed by atoms with E-state index in [9.17, 15) is 28.3 Å².